The summed E-state index contributed by atoms with van der Waals surface area (Å²) in [5.74, 6) is -1.95. The molecule has 11 heteroatoms. The van der Waals surface area contributed by atoms with Gasteiger partial charge in [-0.25, -0.2) is 4.39 Å². The van der Waals surface area contributed by atoms with Crippen LogP contribution in [0.2, 0.25) is 0 Å². The normalized spacial score (nSPS) is 15.4. The highest BCUT2D eigenvalue weighted by Crippen LogP contribution is 2.40. The van der Waals surface area contributed by atoms with E-state index in [4.69, 9.17) is 17.5 Å². The molecule has 35 heavy (non-hydrogen) atoms. The number of hydrogen-bond acceptors (Lipinski definition) is 4. The van der Waals surface area contributed by atoms with Crippen molar-refractivity contribution in [3.05, 3.63) is 58.9 Å². The van der Waals surface area contributed by atoms with E-state index < -0.39 is 40.3 Å². The standard InChI is InChI=1S/C24H22F4N4O2S/c1-23(2)21(34)31(19-12-17(24(26,27)28)15(13-29)11-18(19)25)22(35)32(23)16-9-7-14(8-10-16)5-4-6-20(33)30-3/h7-12H,4-6H2,1-3H3,(H,30,33). The molecule has 1 aliphatic heterocycles. The summed E-state index contributed by atoms with van der Waals surface area (Å²) in [6, 6.07) is 9.24. The van der Waals surface area contributed by atoms with Crippen molar-refractivity contribution in [2.45, 2.75) is 44.8 Å². The Morgan fingerprint density at radius 2 is 1.83 bits per heavy atom. The Kier molecular flexibility index (Phi) is 7.17. The molecule has 2 aromatic rings. The number of rotatable bonds is 6. The van der Waals surface area contributed by atoms with E-state index >= 15 is 0 Å². The summed E-state index contributed by atoms with van der Waals surface area (Å²) in [6.45, 7) is 3.07. The molecule has 0 saturated carbocycles. The molecular formula is C24H22F4N4O2S. The van der Waals surface area contributed by atoms with Gasteiger partial charge >= 0.3 is 6.18 Å². The number of benzene rings is 2. The number of carbonyl (C=O) groups is 2. The third-order valence-corrected chi connectivity index (χ3v) is 6.13. The minimum atomic E-state index is -4.93. The number of nitrogens with one attached hydrogen (secondary N) is 1. The molecule has 1 heterocycles. The monoisotopic (exact) mass is 506 g/mol. The van der Waals surface area contributed by atoms with Crippen molar-refractivity contribution in [2.24, 2.45) is 0 Å². The van der Waals surface area contributed by atoms with E-state index in [1.54, 1.807) is 31.3 Å². The van der Waals surface area contributed by atoms with Gasteiger partial charge < -0.3 is 10.2 Å². The summed E-state index contributed by atoms with van der Waals surface area (Å²) in [5.41, 5.74) is -2.81. The Labute approximate surface area is 205 Å². The highest BCUT2D eigenvalue weighted by Gasteiger charge is 2.51. The van der Waals surface area contributed by atoms with E-state index in [1.807, 2.05) is 0 Å². The van der Waals surface area contributed by atoms with Crippen molar-refractivity contribution >= 4 is 40.5 Å². The van der Waals surface area contributed by atoms with Gasteiger partial charge in [0, 0.05) is 19.2 Å². The zero-order valence-corrected chi connectivity index (χ0v) is 20.0. The van der Waals surface area contributed by atoms with Gasteiger partial charge in [-0.1, -0.05) is 12.1 Å². The van der Waals surface area contributed by atoms with E-state index in [1.165, 1.54) is 24.8 Å². The predicted molar refractivity (Wildman–Crippen MR) is 126 cm³/mol. The van der Waals surface area contributed by atoms with Gasteiger partial charge in [-0.3, -0.25) is 14.5 Å². The number of aryl methyl sites for hydroxylation is 1. The lowest BCUT2D eigenvalue weighted by molar-refractivity contribution is -0.137. The maximum atomic E-state index is 14.8. The zero-order chi connectivity index (χ0) is 26.1. The Morgan fingerprint density at radius 1 is 1.20 bits per heavy atom. The second-order valence-electron chi connectivity index (χ2n) is 8.47. The number of nitrogens with zero attached hydrogens (tertiary/aromatic N) is 3. The Hall–Kier alpha value is -3.52. The number of amides is 2. The SMILES string of the molecule is CNC(=O)CCCc1ccc(N2C(=S)N(c3cc(C(F)(F)F)c(C#N)cc3F)C(=O)C2(C)C)cc1. The van der Waals surface area contributed by atoms with Gasteiger partial charge in [0.1, 0.15) is 11.4 Å². The van der Waals surface area contributed by atoms with Crippen LogP contribution in [0.15, 0.2) is 36.4 Å². The molecule has 2 amide bonds. The molecule has 0 radical (unpaired) electrons. The maximum Gasteiger partial charge on any atom is 0.417 e. The van der Waals surface area contributed by atoms with Crippen LogP contribution in [0.3, 0.4) is 0 Å². The van der Waals surface area contributed by atoms with E-state index in [9.17, 15) is 27.2 Å². The molecule has 1 saturated heterocycles. The van der Waals surface area contributed by atoms with Crippen LogP contribution < -0.4 is 15.1 Å². The molecule has 1 N–H and O–H groups in total. The van der Waals surface area contributed by atoms with E-state index in [-0.39, 0.29) is 11.0 Å². The van der Waals surface area contributed by atoms with Crippen molar-refractivity contribution in [3.8, 4) is 6.07 Å². The van der Waals surface area contributed by atoms with Crippen LogP contribution >= 0.6 is 12.2 Å². The first-order chi connectivity index (χ1) is 16.3. The molecule has 0 unspecified atom stereocenters. The summed E-state index contributed by atoms with van der Waals surface area (Å²) in [5, 5.41) is 11.4. The highest BCUT2D eigenvalue weighted by molar-refractivity contribution is 7.81. The second kappa shape index (κ2) is 9.62. The van der Waals surface area contributed by atoms with Crippen molar-refractivity contribution in [3.63, 3.8) is 0 Å². The first-order valence-electron chi connectivity index (χ1n) is 10.6. The first-order valence-corrected chi connectivity index (χ1v) is 11.0. The summed E-state index contributed by atoms with van der Waals surface area (Å²) in [7, 11) is 1.57. The van der Waals surface area contributed by atoms with Crippen LogP contribution in [0.5, 0.6) is 0 Å². The number of anilines is 2. The van der Waals surface area contributed by atoms with Gasteiger partial charge in [0.05, 0.1) is 22.9 Å². The number of thiocarbonyl (C=S) groups is 1. The summed E-state index contributed by atoms with van der Waals surface area (Å²) >= 11 is 5.43. The highest BCUT2D eigenvalue weighted by atomic mass is 32.1. The van der Waals surface area contributed by atoms with E-state index in [0.717, 1.165) is 10.5 Å². The minimum Gasteiger partial charge on any atom is -0.359 e. The minimum absolute atomic E-state index is 0.0619. The fourth-order valence-electron chi connectivity index (χ4n) is 3.89. The Balaban J connectivity index is 1.95. The number of nitriles is 1. The predicted octanol–water partition coefficient (Wildman–Crippen LogP) is 4.70. The lowest BCUT2D eigenvalue weighted by Crippen LogP contribution is -2.44. The Bertz CT molecular complexity index is 1220. The molecule has 0 aliphatic carbocycles. The summed E-state index contributed by atoms with van der Waals surface area (Å²) in [6.07, 6.45) is -3.27. The van der Waals surface area contributed by atoms with Crippen LogP contribution in [0.25, 0.3) is 0 Å². The van der Waals surface area contributed by atoms with E-state index in [2.05, 4.69) is 5.32 Å². The van der Waals surface area contributed by atoms with Gasteiger partial charge in [0.25, 0.3) is 5.91 Å². The first kappa shape index (κ1) is 26.1. The number of halogens is 4. The topological polar surface area (TPSA) is 76.4 Å². The zero-order valence-electron chi connectivity index (χ0n) is 19.2. The second-order valence-corrected chi connectivity index (χ2v) is 8.83. The van der Waals surface area contributed by atoms with Crippen LogP contribution in [0.1, 0.15) is 43.4 Å². The van der Waals surface area contributed by atoms with Crippen molar-refractivity contribution < 1.29 is 27.2 Å². The third kappa shape index (κ3) is 4.98. The van der Waals surface area contributed by atoms with Gasteiger partial charge in [-0.05, 0) is 68.7 Å². The van der Waals surface area contributed by atoms with Crippen LogP contribution in [0.4, 0.5) is 28.9 Å². The number of carbonyl (C=O) groups excluding carboxylic acids is 2. The maximum absolute atomic E-state index is 14.8. The lowest BCUT2D eigenvalue weighted by Gasteiger charge is -2.29. The summed E-state index contributed by atoms with van der Waals surface area (Å²) < 4.78 is 55.2. The quantitative estimate of drug-likeness (QED) is 0.454. The van der Waals surface area contributed by atoms with Gasteiger partial charge in [0.15, 0.2) is 5.11 Å². The van der Waals surface area contributed by atoms with E-state index in [0.29, 0.717) is 37.1 Å². The molecule has 0 spiro atoms. The van der Waals surface area contributed by atoms with Crippen molar-refractivity contribution in [1.82, 2.24) is 5.32 Å². The number of alkyl halides is 3. The fourth-order valence-corrected chi connectivity index (χ4v) is 4.41. The molecule has 1 aliphatic rings. The molecule has 0 atom stereocenters. The molecule has 184 valence electrons. The number of hydrogen-bond donors (Lipinski definition) is 1. The molecular weight excluding hydrogens is 484 g/mol. The van der Waals surface area contributed by atoms with Crippen molar-refractivity contribution in [1.29, 1.82) is 5.26 Å². The molecule has 0 aromatic heterocycles. The lowest BCUT2D eigenvalue weighted by atomic mass is 10.0. The van der Waals surface area contributed by atoms with Gasteiger partial charge in [-0.15, -0.1) is 0 Å². The fraction of sp³-hybridized carbons (Fsp3) is 0.333. The average molecular weight is 507 g/mol. The van der Waals surface area contributed by atoms with Crippen LogP contribution in [-0.4, -0.2) is 29.5 Å². The largest absolute Gasteiger partial charge is 0.417 e. The molecule has 0 bridgehead atoms. The van der Waals surface area contributed by atoms with Crippen molar-refractivity contribution in [2.75, 3.05) is 16.8 Å². The van der Waals surface area contributed by atoms with Gasteiger partial charge in [-0.2, -0.15) is 18.4 Å². The Morgan fingerprint density at radius 3 is 2.37 bits per heavy atom. The smallest absolute Gasteiger partial charge is 0.359 e. The van der Waals surface area contributed by atoms with Gasteiger partial charge in [0.2, 0.25) is 5.91 Å². The molecule has 2 aromatic carbocycles. The molecule has 3 rings (SSSR count). The average Bonchev–Trinajstić information content (AvgIpc) is 2.97. The third-order valence-electron chi connectivity index (χ3n) is 5.76. The summed E-state index contributed by atoms with van der Waals surface area (Å²) in [4.78, 5) is 26.8. The van der Waals surface area contributed by atoms with Crippen LogP contribution in [0, 0.1) is 17.1 Å². The van der Waals surface area contributed by atoms with Crippen LogP contribution in [-0.2, 0) is 22.2 Å². The molecule has 6 nitrogen and oxygen atoms in total. The molecule has 1 fully saturated rings.